The average molecular weight is 372 g/mol. The summed E-state index contributed by atoms with van der Waals surface area (Å²) in [6.45, 7) is 0. The summed E-state index contributed by atoms with van der Waals surface area (Å²) in [5.41, 5.74) is 1.44. The molecule has 0 bridgehead atoms. The number of nitrogens with one attached hydrogen (secondary N) is 2. The summed E-state index contributed by atoms with van der Waals surface area (Å²) >= 11 is 0. The van der Waals surface area contributed by atoms with Gasteiger partial charge in [0.25, 0.3) is 11.8 Å². The number of amides is 2. The van der Waals surface area contributed by atoms with Crippen molar-refractivity contribution in [3.8, 4) is 11.5 Å². The second kappa shape index (κ2) is 7.96. The number of hydrogen-bond acceptors (Lipinski definition) is 3. The summed E-state index contributed by atoms with van der Waals surface area (Å²) in [5.74, 6) is 0.935. The van der Waals surface area contributed by atoms with E-state index in [2.05, 4.69) is 10.6 Å². The molecular weight excluding hydrogens is 352 g/mol. The molecule has 0 atom stereocenters. The Kier molecular flexibility index (Phi) is 5.06. The van der Waals surface area contributed by atoms with Gasteiger partial charge in [0.05, 0.1) is 11.3 Å². The Morgan fingerprint density at radius 2 is 1.39 bits per heavy atom. The second-order valence-corrected chi connectivity index (χ2v) is 6.69. The Balaban J connectivity index is 1.44. The molecule has 1 aliphatic carbocycles. The molecule has 1 fully saturated rings. The van der Waals surface area contributed by atoms with Gasteiger partial charge in [-0.1, -0.05) is 30.3 Å². The summed E-state index contributed by atoms with van der Waals surface area (Å²) in [7, 11) is 0. The van der Waals surface area contributed by atoms with E-state index in [0.29, 0.717) is 22.6 Å². The lowest BCUT2D eigenvalue weighted by molar-refractivity contribution is 0.0952. The molecule has 1 saturated carbocycles. The normalized spacial score (nSPS) is 12.9. The molecule has 4 rings (SSSR count). The van der Waals surface area contributed by atoms with Gasteiger partial charge in [-0.15, -0.1) is 0 Å². The fourth-order valence-corrected chi connectivity index (χ4v) is 2.77. The minimum absolute atomic E-state index is 0.162. The first-order valence-electron chi connectivity index (χ1n) is 9.23. The molecule has 0 aromatic heterocycles. The van der Waals surface area contributed by atoms with Crippen LogP contribution in [0.4, 0.5) is 5.69 Å². The molecule has 5 heteroatoms. The smallest absolute Gasteiger partial charge is 0.255 e. The molecule has 0 saturated heterocycles. The van der Waals surface area contributed by atoms with Crippen LogP contribution < -0.4 is 15.4 Å². The van der Waals surface area contributed by atoms with Gasteiger partial charge in [0.2, 0.25) is 0 Å². The van der Waals surface area contributed by atoms with Gasteiger partial charge in [-0.3, -0.25) is 9.59 Å². The van der Waals surface area contributed by atoms with Crippen molar-refractivity contribution in [2.24, 2.45) is 0 Å². The highest BCUT2D eigenvalue weighted by Gasteiger charge is 2.25. The molecule has 28 heavy (non-hydrogen) atoms. The first kappa shape index (κ1) is 17.8. The van der Waals surface area contributed by atoms with Crippen molar-refractivity contribution >= 4 is 17.5 Å². The Morgan fingerprint density at radius 3 is 2.11 bits per heavy atom. The number of carbonyl (C=O) groups excluding carboxylic acids is 2. The van der Waals surface area contributed by atoms with Crippen molar-refractivity contribution in [3.63, 3.8) is 0 Å². The largest absolute Gasteiger partial charge is 0.457 e. The highest BCUT2D eigenvalue weighted by atomic mass is 16.5. The quantitative estimate of drug-likeness (QED) is 0.663. The van der Waals surface area contributed by atoms with E-state index >= 15 is 0 Å². The molecule has 3 aromatic rings. The van der Waals surface area contributed by atoms with Crippen molar-refractivity contribution in [2.75, 3.05) is 5.32 Å². The summed E-state index contributed by atoms with van der Waals surface area (Å²) in [5, 5.41) is 5.78. The van der Waals surface area contributed by atoms with E-state index in [9.17, 15) is 9.59 Å². The van der Waals surface area contributed by atoms with Crippen LogP contribution in [0.1, 0.15) is 33.6 Å². The van der Waals surface area contributed by atoms with Gasteiger partial charge in [0.1, 0.15) is 11.5 Å². The number of benzene rings is 3. The molecule has 140 valence electrons. The van der Waals surface area contributed by atoms with Crippen LogP contribution in [0.5, 0.6) is 11.5 Å². The molecule has 2 N–H and O–H groups in total. The monoisotopic (exact) mass is 372 g/mol. The zero-order chi connectivity index (χ0) is 19.3. The lowest BCUT2D eigenvalue weighted by Gasteiger charge is -2.11. The summed E-state index contributed by atoms with van der Waals surface area (Å²) in [4.78, 5) is 25.0. The van der Waals surface area contributed by atoms with E-state index in [1.54, 1.807) is 48.5 Å². The molecule has 0 aliphatic heterocycles. The number of carbonyl (C=O) groups is 2. The first-order valence-corrected chi connectivity index (χ1v) is 9.23. The molecule has 3 aromatic carbocycles. The van der Waals surface area contributed by atoms with Crippen molar-refractivity contribution in [2.45, 2.75) is 18.9 Å². The molecule has 5 nitrogen and oxygen atoms in total. The van der Waals surface area contributed by atoms with Gasteiger partial charge in [-0.25, -0.2) is 0 Å². The van der Waals surface area contributed by atoms with Crippen LogP contribution in [0.15, 0.2) is 78.9 Å². The van der Waals surface area contributed by atoms with Crippen LogP contribution in [0.2, 0.25) is 0 Å². The zero-order valence-corrected chi connectivity index (χ0v) is 15.2. The van der Waals surface area contributed by atoms with E-state index in [0.717, 1.165) is 18.6 Å². The maximum absolute atomic E-state index is 12.6. The van der Waals surface area contributed by atoms with E-state index in [1.807, 2.05) is 30.3 Å². The Morgan fingerprint density at radius 1 is 0.750 bits per heavy atom. The molecule has 2 amide bonds. The van der Waals surface area contributed by atoms with Gasteiger partial charge < -0.3 is 15.4 Å². The van der Waals surface area contributed by atoms with Gasteiger partial charge in [-0.2, -0.15) is 0 Å². The van der Waals surface area contributed by atoms with Crippen LogP contribution in [0, 0.1) is 0 Å². The lowest BCUT2D eigenvalue weighted by atomic mass is 10.1. The van der Waals surface area contributed by atoms with Gasteiger partial charge >= 0.3 is 0 Å². The zero-order valence-electron chi connectivity index (χ0n) is 15.2. The van der Waals surface area contributed by atoms with Crippen molar-refractivity contribution in [1.29, 1.82) is 0 Å². The van der Waals surface area contributed by atoms with E-state index in [1.165, 1.54) is 0 Å². The first-order chi connectivity index (χ1) is 13.7. The third-order valence-corrected chi connectivity index (χ3v) is 4.43. The minimum Gasteiger partial charge on any atom is -0.457 e. The summed E-state index contributed by atoms with van der Waals surface area (Å²) < 4.78 is 5.74. The van der Waals surface area contributed by atoms with Crippen LogP contribution in [-0.2, 0) is 0 Å². The Bertz CT molecular complexity index is 980. The molecule has 1 aliphatic rings. The van der Waals surface area contributed by atoms with Gasteiger partial charge in [0, 0.05) is 11.6 Å². The topological polar surface area (TPSA) is 67.4 Å². The van der Waals surface area contributed by atoms with E-state index in [4.69, 9.17) is 4.74 Å². The van der Waals surface area contributed by atoms with Crippen molar-refractivity contribution < 1.29 is 14.3 Å². The molecular formula is C23H20N2O3. The molecule has 0 radical (unpaired) electrons. The number of anilines is 1. The molecule has 0 heterocycles. The number of rotatable bonds is 6. The minimum atomic E-state index is -0.280. The van der Waals surface area contributed by atoms with Crippen LogP contribution >= 0.6 is 0 Å². The summed E-state index contributed by atoms with van der Waals surface area (Å²) in [6, 6.07) is 23.6. The third kappa shape index (κ3) is 4.38. The highest BCUT2D eigenvalue weighted by molar-refractivity contribution is 6.09. The maximum Gasteiger partial charge on any atom is 0.255 e. The fourth-order valence-electron chi connectivity index (χ4n) is 2.77. The van der Waals surface area contributed by atoms with Crippen LogP contribution in [-0.4, -0.2) is 17.9 Å². The molecule has 0 spiro atoms. The fraction of sp³-hybridized carbons (Fsp3) is 0.130. The third-order valence-electron chi connectivity index (χ3n) is 4.43. The number of para-hydroxylation sites is 2. The summed E-state index contributed by atoms with van der Waals surface area (Å²) in [6.07, 6.45) is 2.02. The van der Waals surface area contributed by atoms with E-state index < -0.39 is 0 Å². The maximum atomic E-state index is 12.6. The van der Waals surface area contributed by atoms with E-state index in [-0.39, 0.29) is 17.9 Å². The van der Waals surface area contributed by atoms with Gasteiger partial charge in [0.15, 0.2) is 0 Å². The lowest BCUT2D eigenvalue weighted by Crippen LogP contribution is -2.27. The number of ether oxygens (including phenoxy) is 1. The molecule has 0 unspecified atom stereocenters. The standard InChI is InChI=1S/C23H20N2O3/c26-22(16-10-14-19(15-11-16)28-18-6-2-1-3-7-18)25-21-9-5-4-8-20(21)23(27)24-17-12-13-17/h1-11,14-15,17H,12-13H2,(H,24,27)(H,25,26). The van der Waals surface area contributed by atoms with Crippen molar-refractivity contribution in [1.82, 2.24) is 5.32 Å². The van der Waals surface area contributed by atoms with Crippen LogP contribution in [0.25, 0.3) is 0 Å². The average Bonchev–Trinajstić information content (AvgIpc) is 3.53. The second-order valence-electron chi connectivity index (χ2n) is 6.69. The van der Waals surface area contributed by atoms with Crippen LogP contribution in [0.3, 0.4) is 0 Å². The Labute approximate surface area is 163 Å². The van der Waals surface area contributed by atoms with Gasteiger partial charge in [-0.05, 0) is 61.4 Å². The van der Waals surface area contributed by atoms with Crippen molar-refractivity contribution in [3.05, 3.63) is 90.0 Å². The Hall–Kier alpha value is -3.60. The number of hydrogen-bond donors (Lipinski definition) is 2. The predicted molar refractivity (Wildman–Crippen MR) is 108 cm³/mol. The SMILES string of the molecule is O=C(Nc1ccccc1C(=O)NC1CC1)c1ccc(Oc2ccccc2)cc1. The highest BCUT2D eigenvalue weighted by Crippen LogP contribution is 2.23. The predicted octanol–water partition coefficient (Wildman–Crippen LogP) is 4.62.